The van der Waals surface area contributed by atoms with Crippen molar-refractivity contribution in [3.05, 3.63) is 26.9 Å². The first kappa shape index (κ1) is 17.4. The van der Waals surface area contributed by atoms with E-state index in [2.05, 4.69) is 15.9 Å². The van der Waals surface area contributed by atoms with E-state index in [-0.39, 0.29) is 5.91 Å². The minimum absolute atomic E-state index is 0.00248. The number of rotatable bonds is 9. The highest BCUT2D eigenvalue weighted by Gasteiger charge is 2.09. The Labute approximate surface area is 132 Å². The number of ether oxygens (including phenoxy) is 2. The molecule has 0 aromatic carbocycles. The maximum Gasteiger partial charge on any atom is 0.246 e. The number of amides is 1. The lowest BCUT2D eigenvalue weighted by molar-refractivity contribution is -0.126. The van der Waals surface area contributed by atoms with Crippen molar-refractivity contribution in [2.75, 3.05) is 40.5 Å². The van der Waals surface area contributed by atoms with Gasteiger partial charge in [-0.15, -0.1) is 11.3 Å². The Bertz CT molecular complexity index is 434. The number of thiophene rings is 1. The molecule has 0 N–H and O–H groups in total. The van der Waals surface area contributed by atoms with Gasteiger partial charge < -0.3 is 14.4 Å². The van der Waals surface area contributed by atoms with Crippen LogP contribution in [0.3, 0.4) is 0 Å². The molecule has 20 heavy (non-hydrogen) atoms. The van der Waals surface area contributed by atoms with Gasteiger partial charge in [0.2, 0.25) is 5.91 Å². The van der Waals surface area contributed by atoms with Gasteiger partial charge in [0.05, 0.1) is 10.4 Å². The summed E-state index contributed by atoms with van der Waals surface area (Å²) in [5, 5.41) is 0. The molecule has 0 saturated carbocycles. The van der Waals surface area contributed by atoms with Crippen molar-refractivity contribution in [3.63, 3.8) is 0 Å². The van der Waals surface area contributed by atoms with Gasteiger partial charge in [0.1, 0.15) is 0 Å². The Morgan fingerprint density at radius 2 is 2.05 bits per heavy atom. The number of halogens is 1. The van der Waals surface area contributed by atoms with Crippen LogP contribution in [-0.4, -0.2) is 51.3 Å². The van der Waals surface area contributed by atoms with Gasteiger partial charge in [-0.05, 0) is 40.6 Å². The van der Waals surface area contributed by atoms with E-state index >= 15 is 0 Å². The molecule has 0 fully saturated rings. The summed E-state index contributed by atoms with van der Waals surface area (Å²) in [6, 6.07) is 3.94. The summed E-state index contributed by atoms with van der Waals surface area (Å²) < 4.78 is 11.1. The second-order valence-electron chi connectivity index (χ2n) is 4.14. The van der Waals surface area contributed by atoms with E-state index in [1.807, 2.05) is 18.2 Å². The molecule has 0 bridgehead atoms. The van der Waals surface area contributed by atoms with Gasteiger partial charge in [-0.25, -0.2) is 0 Å². The highest BCUT2D eigenvalue weighted by atomic mass is 79.9. The topological polar surface area (TPSA) is 38.8 Å². The summed E-state index contributed by atoms with van der Waals surface area (Å²) in [4.78, 5) is 15.0. The van der Waals surface area contributed by atoms with E-state index in [9.17, 15) is 4.79 Å². The fraction of sp³-hybridized carbons (Fsp3) is 0.500. The van der Waals surface area contributed by atoms with Crippen LogP contribution in [0.15, 0.2) is 22.0 Å². The van der Waals surface area contributed by atoms with Crippen molar-refractivity contribution >= 4 is 39.2 Å². The summed E-state index contributed by atoms with van der Waals surface area (Å²) in [6.07, 6.45) is 4.28. The molecule has 0 aliphatic heterocycles. The third kappa shape index (κ3) is 6.65. The van der Waals surface area contributed by atoms with E-state index < -0.39 is 0 Å². The van der Waals surface area contributed by atoms with Gasteiger partial charge >= 0.3 is 0 Å². The molecule has 1 heterocycles. The molecule has 1 aromatic rings. The Hall–Kier alpha value is -0.690. The van der Waals surface area contributed by atoms with E-state index in [1.54, 1.807) is 36.5 Å². The van der Waals surface area contributed by atoms with Crippen LogP contribution in [0.1, 0.15) is 11.3 Å². The van der Waals surface area contributed by atoms with Crippen molar-refractivity contribution in [3.8, 4) is 0 Å². The number of carbonyl (C=O) groups is 1. The third-order valence-corrected chi connectivity index (χ3v) is 4.23. The lowest BCUT2D eigenvalue weighted by atomic mass is 10.3. The van der Waals surface area contributed by atoms with Crippen LogP contribution in [0.5, 0.6) is 0 Å². The van der Waals surface area contributed by atoms with Crippen LogP contribution in [0, 0.1) is 0 Å². The quantitative estimate of drug-likeness (QED) is 0.501. The van der Waals surface area contributed by atoms with Crippen molar-refractivity contribution in [1.82, 2.24) is 4.90 Å². The Kier molecular flexibility index (Phi) is 8.77. The molecule has 0 atom stereocenters. The average molecular weight is 362 g/mol. The summed E-state index contributed by atoms with van der Waals surface area (Å²) in [6.45, 7) is 2.46. The number of methoxy groups -OCH3 is 2. The van der Waals surface area contributed by atoms with Crippen LogP contribution in [0.25, 0.3) is 6.08 Å². The van der Waals surface area contributed by atoms with Crippen LogP contribution in [0.4, 0.5) is 0 Å². The minimum Gasteiger partial charge on any atom is -0.385 e. The van der Waals surface area contributed by atoms with Crippen molar-refractivity contribution in [2.24, 2.45) is 0 Å². The van der Waals surface area contributed by atoms with Gasteiger partial charge in [0, 0.05) is 44.9 Å². The fourth-order valence-corrected chi connectivity index (χ4v) is 2.94. The zero-order valence-corrected chi connectivity index (χ0v) is 14.2. The number of hydrogen-bond acceptors (Lipinski definition) is 4. The zero-order valence-electron chi connectivity index (χ0n) is 11.8. The highest BCUT2D eigenvalue weighted by molar-refractivity contribution is 9.11. The predicted molar refractivity (Wildman–Crippen MR) is 86.0 cm³/mol. The molecule has 0 saturated heterocycles. The monoisotopic (exact) mass is 361 g/mol. The molecule has 0 spiro atoms. The first-order valence-electron chi connectivity index (χ1n) is 6.37. The maximum atomic E-state index is 12.2. The van der Waals surface area contributed by atoms with E-state index in [0.717, 1.165) is 15.1 Å². The molecule has 0 aliphatic rings. The highest BCUT2D eigenvalue weighted by Crippen LogP contribution is 2.23. The predicted octanol–water partition coefficient (Wildman–Crippen LogP) is 3.04. The first-order valence-corrected chi connectivity index (χ1v) is 7.98. The second-order valence-corrected chi connectivity index (χ2v) is 6.63. The molecular formula is C14H20BrNO3S. The average Bonchev–Trinajstić information content (AvgIpc) is 2.86. The summed E-state index contributed by atoms with van der Waals surface area (Å²) in [7, 11) is 3.30. The van der Waals surface area contributed by atoms with E-state index in [4.69, 9.17) is 9.47 Å². The van der Waals surface area contributed by atoms with Gasteiger partial charge in [0.15, 0.2) is 0 Å². The van der Waals surface area contributed by atoms with Crippen LogP contribution >= 0.6 is 27.3 Å². The standard InChI is InChI=1S/C14H20BrNO3S/c1-18-10-3-8-16(9-11-19-2)14(17)7-5-12-4-6-13(15)20-12/h4-7H,3,8-11H2,1-2H3/b7-5+. The molecule has 1 amide bonds. The lowest BCUT2D eigenvalue weighted by Gasteiger charge is -2.20. The molecule has 6 heteroatoms. The maximum absolute atomic E-state index is 12.2. The van der Waals surface area contributed by atoms with Crippen molar-refractivity contribution in [2.45, 2.75) is 6.42 Å². The Morgan fingerprint density at radius 3 is 2.65 bits per heavy atom. The SMILES string of the molecule is COCCCN(CCOC)C(=O)/C=C/c1ccc(Br)s1. The second kappa shape index (κ2) is 10.1. The fourth-order valence-electron chi connectivity index (χ4n) is 1.61. The molecule has 4 nitrogen and oxygen atoms in total. The summed E-state index contributed by atoms with van der Waals surface area (Å²) in [5.74, 6) is 0.00248. The normalized spacial score (nSPS) is 11.2. The van der Waals surface area contributed by atoms with Crippen molar-refractivity contribution < 1.29 is 14.3 Å². The molecule has 1 rings (SSSR count). The van der Waals surface area contributed by atoms with E-state index in [1.165, 1.54) is 0 Å². The van der Waals surface area contributed by atoms with Gasteiger partial charge in [0.25, 0.3) is 0 Å². The van der Waals surface area contributed by atoms with Crippen molar-refractivity contribution in [1.29, 1.82) is 0 Å². The zero-order chi connectivity index (χ0) is 14.8. The van der Waals surface area contributed by atoms with Gasteiger partial charge in [-0.3, -0.25) is 4.79 Å². The number of hydrogen-bond donors (Lipinski definition) is 0. The number of carbonyl (C=O) groups excluding carboxylic acids is 1. The van der Waals surface area contributed by atoms with Gasteiger partial charge in [-0.1, -0.05) is 0 Å². The molecule has 1 aromatic heterocycles. The third-order valence-electron chi connectivity index (χ3n) is 2.64. The van der Waals surface area contributed by atoms with Crippen LogP contribution in [0.2, 0.25) is 0 Å². The Balaban J connectivity index is 2.54. The lowest BCUT2D eigenvalue weighted by Crippen LogP contribution is -2.34. The van der Waals surface area contributed by atoms with Crippen LogP contribution in [-0.2, 0) is 14.3 Å². The molecule has 0 radical (unpaired) electrons. The Morgan fingerprint density at radius 1 is 1.30 bits per heavy atom. The largest absolute Gasteiger partial charge is 0.385 e. The molecule has 112 valence electrons. The molecular weight excluding hydrogens is 342 g/mol. The molecule has 0 unspecified atom stereocenters. The van der Waals surface area contributed by atoms with Crippen LogP contribution < -0.4 is 0 Å². The number of nitrogens with zero attached hydrogens (tertiary/aromatic N) is 1. The van der Waals surface area contributed by atoms with Gasteiger partial charge in [-0.2, -0.15) is 0 Å². The summed E-state index contributed by atoms with van der Waals surface area (Å²) >= 11 is 5.00. The molecule has 0 aliphatic carbocycles. The smallest absolute Gasteiger partial charge is 0.246 e. The minimum atomic E-state index is 0.00248. The first-order chi connectivity index (χ1) is 9.67. The van der Waals surface area contributed by atoms with E-state index in [0.29, 0.717) is 26.3 Å². The summed E-state index contributed by atoms with van der Waals surface area (Å²) in [5.41, 5.74) is 0.